The zero-order valence-corrected chi connectivity index (χ0v) is 23.7. The van der Waals surface area contributed by atoms with Gasteiger partial charge < -0.3 is 20.3 Å². The summed E-state index contributed by atoms with van der Waals surface area (Å²) < 4.78 is 6.17. The van der Waals surface area contributed by atoms with E-state index in [0.29, 0.717) is 18.9 Å². The molecule has 2 aliphatic carbocycles. The van der Waals surface area contributed by atoms with Crippen molar-refractivity contribution in [3.05, 3.63) is 59.7 Å². The van der Waals surface area contributed by atoms with Crippen LogP contribution < -0.4 is 5.32 Å². The zero-order chi connectivity index (χ0) is 27.9. The molecular weight excluding hydrogens is 478 g/mol. The third kappa shape index (κ3) is 8.28. The second-order valence-electron chi connectivity index (χ2n) is 12.1. The van der Waals surface area contributed by atoms with Crippen LogP contribution >= 0.6 is 0 Å². The molecule has 38 heavy (non-hydrogen) atoms. The molecule has 0 bridgehead atoms. The number of rotatable bonds is 12. The number of benzene rings is 1. The zero-order valence-electron chi connectivity index (χ0n) is 23.7. The summed E-state index contributed by atoms with van der Waals surface area (Å²) in [5.74, 6) is 0.563. The van der Waals surface area contributed by atoms with Crippen LogP contribution in [0.1, 0.15) is 78.7 Å². The first-order chi connectivity index (χ1) is 18.0. The van der Waals surface area contributed by atoms with Crippen molar-refractivity contribution in [2.24, 2.45) is 29.1 Å². The van der Waals surface area contributed by atoms with Gasteiger partial charge >= 0.3 is 5.97 Å². The van der Waals surface area contributed by atoms with Crippen molar-refractivity contribution in [1.82, 2.24) is 5.32 Å². The summed E-state index contributed by atoms with van der Waals surface area (Å²) in [7, 11) is 0. The molecule has 6 nitrogen and oxygen atoms in total. The Labute approximate surface area is 228 Å². The highest BCUT2D eigenvalue weighted by atomic mass is 16.5. The van der Waals surface area contributed by atoms with Gasteiger partial charge in [-0.05, 0) is 74.8 Å². The SMILES string of the molecule is CCC(C)(C)C(=O)O[C@H]1C[C@@H](C)C=C2C=C[C@H](C)[C@H](CC[C@@H](O)C[C@@H](O)CC(=O)NCc3ccccc3)[C@H]21. The van der Waals surface area contributed by atoms with E-state index in [1.54, 1.807) is 0 Å². The fourth-order valence-electron chi connectivity index (χ4n) is 5.65. The lowest BCUT2D eigenvalue weighted by atomic mass is 9.65. The van der Waals surface area contributed by atoms with Crippen LogP contribution in [0.5, 0.6) is 0 Å². The fraction of sp³-hybridized carbons (Fsp3) is 0.625. The first-order valence-corrected chi connectivity index (χ1v) is 14.3. The highest BCUT2D eigenvalue weighted by Gasteiger charge is 2.42. The highest BCUT2D eigenvalue weighted by Crippen LogP contribution is 2.45. The number of hydrogen-bond acceptors (Lipinski definition) is 5. The van der Waals surface area contributed by atoms with E-state index in [-0.39, 0.29) is 48.6 Å². The molecule has 0 heterocycles. The van der Waals surface area contributed by atoms with Crippen LogP contribution in [-0.4, -0.2) is 40.4 Å². The van der Waals surface area contributed by atoms with Gasteiger partial charge in [0.05, 0.1) is 24.0 Å². The minimum absolute atomic E-state index is 0.0366. The van der Waals surface area contributed by atoms with Gasteiger partial charge in [-0.3, -0.25) is 9.59 Å². The molecule has 0 aliphatic heterocycles. The quantitative estimate of drug-likeness (QED) is 0.320. The average molecular weight is 526 g/mol. The maximum absolute atomic E-state index is 13.0. The van der Waals surface area contributed by atoms with Crippen molar-refractivity contribution in [3.8, 4) is 0 Å². The van der Waals surface area contributed by atoms with E-state index in [0.717, 1.165) is 24.8 Å². The molecule has 3 N–H and O–H groups in total. The predicted octanol–water partition coefficient (Wildman–Crippen LogP) is 5.34. The van der Waals surface area contributed by atoms with Gasteiger partial charge in [0.1, 0.15) is 6.10 Å². The van der Waals surface area contributed by atoms with Crippen molar-refractivity contribution < 1.29 is 24.5 Å². The van der Waals surface area contributed by atoms with Crippen molar-refractivity contribution in [2.45, 2.75) is 98.0 Å². The Balaban J connectivity index is 1.55. The van der Waals surface area contributed by atoms with E-state index in [1.807, 2.05) is 51.1 Å². The molecule has 0 fully saturated rings. The van der Waals surface area contributed by atoms with Gasteiger partial charge in [-0.2, -0.15) is 0 Å². The molecule has 0 radical (unpaired) electrons. The van der Waals surface area contributed by atoms with E-state index in [2.05, 4.69) is 37.4 Å². The lowest BCUT2D eigenvalue weighted by Crippen LogP contribution is -2.43. The summed E-state index contributed by atoms with van der Waals surface area (Å²) in [6.45, 7) is 10.6. The summed E-state index contributed by atoms with van der Waals surface area (Å²) >= 11 is 0. The standard InChI is InChI=1S/C32H47NO5/c1-6-32(4,5)31(37)38-28-17-21(2)16-24-13-12-22(3)27(30(24)28)15-14-25(34)18-26(35)19-29(36)33-20-23-10-8-7-9-11-23/h7-13,16,21-22,25-28,30,34-35H,6,14-15,17-20H2,1-5H3,(H,33,36)/t21-,22-,25+,26+,27-,28-,30-/m0/s1. The average Bonchev–Trinajstić information content (AvgIpc) is 2.87. The van der Waals surface area contributed by atoms with E-state index in [4.69, 9.17) is 4.74 Å². The summed E-state index contributed by atoms with van der Waals surface area (Å²) in [6, 6.07) is 9.63. The molecule has 3 rings (SSSR count). The minimum Gasteiger partial charge on any atom is -0.461 e. The first-order valence-electron chi connectivity index (χ1n) is 14.3. The summed E-state index contributed by atoms with van der Waals surface area (Å²) in [5.41, 5.74) is 1.71. The number of amides is 1. The van der Waals surface area contributed by atoms with E-state index < -0.39 is 17.6 Å². The van der Waals surface area contributed by atoms with E-state index in [1.165, 1.54) is 5.57 Å². The Morgan fingerprint density at radius 1 is 1.13 bits per heavy atom. The maximum Gasteiger partial charge on any atom is 0.311 e. The summed E-state index contributed by atoms with van der Waals surface area (Å²) in [6.07, 6.45) is 7.82. The highest BCUT2D eigenvalue weighted by molar-refractivity contribution is 5.76. The smallest absolute Gasteiger partial charge is 0.311 e. The van der Waals surface area contributed by atoms with Gasteiger partial charge in [0.25, 0.3) is 0 Å². The number of allylic oxidation sites excluding steroid dienone is 3. The van der Waals surface area contributed by atoms with Crippen LogP contribution in [0.15, 0.2) is 54.1 Å². The van der Waals surface area contributed by atoms with Crippen molar-refractivity contribution in [2.75, 3.05) is 0 Å². The second-order valence-corrected chi connectivity index (χ2v) is 12.1. The molecular formula is C32H47NO5. The van der Waals surface area contributed by atoms with Gasteiger partial charge in [-0.1, -0.05) is 69.3 Å². The Hall–Kier alpha value is -2.44. The number of carbonyl (C=O) groups excluding carboxylic acids is 2. The number of esters is 1. The van der Waals surface area contributed by atoms with Crippen LogP contribution in [0.2, 0.25) is 0 Å². The lowest BCUT2D eigenvalue weighted by molar-refractivity contribution is -0.164. The number of nitrogens with one attached hydrogen (secondary N) is 1. The van der Waals surface area contributed by atoms with Gasteiger partial charge in [-0.25, -0.2) is 0 Å². The van der Waals surface area contributed by atoms with Crippen molar-refractivity contribution in [3.63, 3.8) is 0 Å². The molecule has 0 saturated carbocycles. The van der Waals surface area contributed by atoms with Gasteiger partial charge in [0.2, 0.25) is 5.91 Å². The molecule has 0 unspecified atom stereocenters. The van der Waals surface area contributed by atoms with Crippen LogP contribution in [0.4, 0.5) is 0 Å². The molecule has 0 spiro atoms. The molecule has 0 aromatic heterocycles. The number of carbonyl (C=O) groups is 2. The third-order valence-corrected chi connectivity index (χ3v) is 8.42. The normalized spacial score (nSPS) is 26.6. The van der Waals surface area contributed by atoms with Crippen LogP contribution in [0, 0.1) is 29.1 Å². The Bertz CT molecular complexity index is 985. The number of fused-ring (bicyclic) bond motifs is 1. The fourth-order valence-corrected chi connectivity index (χ4v) is 5.65. The van der Waals surface area contributed by atoms with Crippen molar-refractivity contribution in [1.29, 1.82) is 0 Å². The Morgan fingerprint density at radius 2 is 1.84 bits per heavy atom. The largest absolute Gasteiger partial charge is 0.461 e. The molecule has 7 atom stereocenters. The first kappa shape index (κ1) is 30.1. The van der Waals surface area contributed by atoms with Crippen molar-refractivity contribution >= 4 is 11.9 Å². The van der Waals surface area contributed by atoms with Crippen LogP contribution in [0.3, 0.4) is 0 Å². The molecule has 1 aromatic carbocycles. The molecule has 2 aliphatic rings. The molecule has 1 aromatic rings. The lowest BCUT2D eigenvalue weighted by Gasteiger charge is -2.44. The molecule has 210 valence electrons. The maximum atomic E-state index is 13.0. The van der Waals surface area contributed by atoms with E-state index in [9.17, 15) is 19.8 Å². The third-order valence-electron chi connectivity index (χ3n) is 8.42. The second kappa shape index (κ2) is 13.6. The number of aliphatic hydroxyl groups is 2. The predicted molar refractivity (Wildman–Crippen MR) is 150 cm³/mol. The topological polar surface area (TPSA) is 95.9 Å². The molecule has 0 saturated heterocycles. The number of aliphatic hydroxyl groups excluding tert-OH is 2. The minimum atomic E-state index is -0.902. The van der Waals surface area contributed by atoms with Crippen LogP contribution in [-0.2, 0) is 20.9 Å². The van der Waals surface area contributed by atoms with Gasteiger partial charge in [-0.15, -0.1) is 0 Å². The van der Waals surface area contributed by atoms with Crippen LogP contribution in [0.25, 0.3) is 0 Å². The number of ether oxygens (including phenoxy) is 1. The number of hydrogen-bond donors (Lipinski definition) is 3. The molecule has 1 amide bonds. The van der Waals surface area contributed by atoms with Gasteiger partial charge in [0.15, 0.2) is 0 Å². The Kier molecular flexibility index (Phi) is 10.8. The van der Waals surface area contributed by atoms with Gasteiger partial charge in [0, 0.05) is 12.5 Å². The monoisotopic (exact) mass is 525 g/mol. The Morgan fingerprint density at radius 3 is 2.53 bits per heavy atom. The summed E-state index contributed by atoms with van der Waals surface area (Å²) in [5, 5.41) is 24.0. The molecule has 6 heteroatoms. The summed E-state index contributed by atoms with van der Waals surface area (Å²) in [4.78, 5) is 25.2. The van der Waals surface area contributed by atoms with E-state index >= 15 is 0 Å².